The van der Waals surface area contributed by atoms with Gasteiger partial charge in [0, 0.05) is 41.5 Å². The van der Waals surface area contributed by atoms with Crippen molar-refractivity contribution in [3.8, 4) is 5.75 Å². The normalized spacial score (nSPS) is 32.8. The Morgan fingerprint density at radius 3 is 1.90 bits per heavy atom. The van der Waals surface area contributed by atoms with Crippen LogP contribution in [0.25, 0.3) is 0 Å². The molecule has 5 rings (SSSR count). The lowest BCUT2D eigenvalue weighted by atomic mass is 9.83. The van der Waals surface area contributed by atoms with Crippen LogP contribution in [0.3, 0.4) is 0 Å². The van der Waals surface area contributed by atoms with E-state index >= 15 is 0 Å². The van der Waals surface area contributed by atoms with Gasteiger partial charge in [-0.1, -0.05) is 18.2 Å². The first-order chi connectivity index (χ1) is 22.7. The summed E-state index contributed by atoms with van der Waals surface area (Å²) in [5, 5.41) is 0. The number of carbonyl (C=O) groups is 6. The third-order valence-corrected chi connectivity index (χ3v) is 7.38. The van der Waals surface area contributed by atoms with Crippen molar-refractivity contribution in [1.82, 2.24) is 0 Å². The van der Waals surface area contributed by atoms with Crippen LogP contribution in [0.5, 0.6) is 5.75 Å². The van der Waals surface area contributed by atoms with Crippen molar-refractivity contribution in [3.63, 3.8) is 0 Å². The summed E-state index contributed by atoms with van der Waals surface area (Å²) in [5.74, 6) is -4.59. The molecule has 4 heterocycles. The van der Waals surface area contributed by atoms with E-state index in [1.54, 1.807) is 30.3 Å². The van der Waals surface area contributed by atoms with E-state index in [0.29, 0.717) is 5.75 Å². The molecule has 0 radical (unpaired) electrons. The Morgan fingerprint density at radius 2 is 1.31 bits per heavy atom. The van der Waals surface area contributed by atoms with Gasteiger partial charge in [-0.2, -0.15) is 0 Å². The molecule has 2 bridgehead atoms. The smallest absolute Gasteiger partial charge is 0.303 e. The monoisotopic (exact) mass is 682 g/mol. The fourth-order valence-electron chi connectivity index (χ4n) is 5.72. The van der Waals surface area contributed by atoms with Crippen LogP contribution in [0.2, 0.25) is 0 Å². The minimum atomic E-state index is -2.07. The third-order valence-electron chi connectivity index (χ3n) is 7.38. The summed E-state index contributed by atoms with van der Waals surface area (Å²) in [7, 11) is 0. The molecule has 3 unspecified atom stereocenters. The van der Waals surface area contributed by atoms with E-state index in [-0.39, 0.29) is 0 Å². The zero-order valence-electron chi connectivity index (χ0n) is 27.1. The van der Waals surface area contributed by atoms with Gasteiger partial charge in [-0.15, -0.1) is 0 Å². The van der Waals surface area contributed by atoms with E-state index in [9.17, 15) is 28.8 Å². The van der Waals surface area contributed by atoms with Gasteiger partial charge >= 0.3 is 35.8 Å². The Morgan fingerprint density at radius 1 is 0.708 bits per heavy atom. The lowest BCUT2D eigenvalue weighted by Crippen LogP contribution is -2.73. The molecule has 4 fully saturated rings. The van der Waals surface area contributed by atoms with Gasteiger partial charge in [0.1, 0.15) is 30.7 Å². The van der Waals surface area contributed by atoms with E-state index in [2.05, 4.69) is 0 Å². The second-order valence-electron chi connectivity index (χ2n) is 11.2. The standard InChI is InChI=1S/C31H38O17/c1-15(32)38-13-23-31(48-20(6)37)14-40-29(27(43-18(4)35)28(31)44-19(5)36)47-24-22(12-39-23)46-30(45-21-10-8-7-9-11-21)26(42-17(3)34)25(24)41-16(2)33/h7-11,22-30H,12-14H2,1-6H3/t22-,23-,24?,25+,26-,27-,28-,29+,30?,31?/m1/s1. The molecule has 0 N–H and O–H groups in total. The highest BCUT2D eigenvalue weighted by Gasteiger charge is 2.64. The van der Waals surface area contributed by atoms with Crippen molar-refractivity contribution >= 4 is 35.8 Å². The average molecular weight is 683 g/mol. The third kappa shape index (κ3) is 8.77. The number of hydrogen-bond donors (Lipinski definition) is 0. The second kappa shape index (κ2) is 15.7. The van der Waals surface area contributed by atoms with Gasteiger partial charge in [0.05, 0.1) is 13.2 Å². The fraction of sp³-hybridized carbons (Fsp3) is 0.613. The Kier molecular flexibility index (Phi) is 12.0. The molecular weight excluding hydrogens is 644 g/mol. The minimum absolute atomic E-state index is 0.310. The lowest BCUT2D eigenvalue weighted by molar-refractivity contribution is -0.374. The first-order valence-electron chi connectivity index (χ1n) is 15.0. The van der Waals surface area contributed by atoms with E-state index in [0.717, 1.165) is 41.5 Å². The number of ether oxygens (including phenoxy) is 11. The van der Waals surface area contributed by atoms with Crippen LogP contribution in [0.1, 0.15) is 41.5 Å². The van der Waals surface area contributed by atoms with Gasteiger partial charge in [-0.25, -0.2) is 0 Å². The van der Waals surface area contributed by atoms with Crippen molar-refractivity contribution in [2.45, 2.75) is 102 Å². The number of hydrogen-bond acceptors (Lipinski definition) is 17. The first kappa shape index (κ1) is 36.5. The van der Waals surface area contributed by atoms with Gasteiger partial charge in [0.25, 0.3) is 0 Å². The highest BCUT2D eigenvalue weighted by molar-refractivity contribution is 5.69. The Hall–Kier alpha value is -4.32. The van der Waals surface area contributed by atoms with Gasteiger partial charge in [-0.05, 0) is 12.1 Å². The van der Waals surface area contributed by atoms with Crippen LogP contribution in [0, 0.1) is 0 Å². The largest absolute Gasteiger partial charge is 0.463 e. The van der Waals surface area contributed by atoms with Crippen molar-refractivity contribution in [2.75, 3.05) is 19.8 Å². The molecule has 10 atom stereocenters. The van der Waals surface area contributed by atoms with Crippen LogP contribution in [0.15, 0.2) is 30.3 Å². The van der Waals surface area contributed by atoms with E-state index < -0.39 is 117 Å². The highest BCUT2D eigenvalue weighted by Crippen LogP contribution is 2.41. The fourth-order valence-corrected chi connectivity index (χ4v) is 5.72. The van der Waals surface area contributed by atoms with Crippen molar-refractivity contribution in [2.24, 2.45) is 0 Å². The van der Waals surface area contributed by atoms with Crippen molar-refractivity contribution in [1.29, 1.82) is 0 Å². The molecule has 4 saturated heterocycles. The van der Waals surface area contributed by atoms with Crippen LogP contribution in [-0.2, 0) is 76.1 Å². The maximum atomic E-state index is 12.6. The summed E-state index contributed by atoms with van der Waals surface area (Å²) in [6.07, 6.45) is -13.2. The minimum Gasteiger partial charge on any atom is -0.463 e. The number of carbonyl (C=O) groups excluding carboxylic acids is 6. The van der Waals surface area contributed by atoms with Gasteiger partial charge in [0.2, 0.25) is 18.0 Å². The van der Waals surface area contributed by atoms with Gasteiger partial charge < -0.3 is 52.1 Å². The van der Waals surface area contributed by atoms with Crippen LogP contribution < -0.4 is 4.74 Å². The molecule has 0 aromatic heterocycles. The summed E-state index contributed by atoms with van der Waals surface area (Å²) in [6, 6.07) is 8.37. The Labute approximate surface area is 275 Å². The van der Waals surface area contributed by atoms with Crippen LogP contribution in [0.4, 0.5) is 0 Å². The quantitative estimate of drug-likeness (QED) is 0.257. The van der Waals surface area contributed by atoms with E-state index in [4.69, 9.17) is 52.1 Å². The summed E-state index contributed by atoms with van der Waals surface area (Å²) in [5.41, 5.74) is -2.07. The van der Waals surface area contributed by atoms with Gasteiger partial charge in [-0.3, -0.25) is 28.8 Å². The molecule has 1 aromatic rings. The molecule has 4 aliphatic rings. The number of rotatable bonds is 9. The number of esters is 6. The summed E-state index contributed by atoms with van der Waals surface area (Å²) in [4.78, 5) is 74.2. The zero-order valence-corrected chi connectivity index (χ0v) is 27.1. The molecule has 48 heavy (non-hydrogen) atoms. The molecule has 17 heteroatoms. The predicted molar refractivity (Wildman–Crippen MR) is 153 cm³/mol. The average Bonchev–Trinajstić information content (AvgIpc) is 2.98. The highest BCUT2D eigenvalue weighted by atomic mass is 16.8. The molecule has 264 valence electrons. The van der Waals surface area contributed by atoms with E-state index in [1.807, 2.05) is 0 Å². The van der Waals surface area contributed by atoms with Crippen LogP contribution >= 0.6 is 0 Å². The molecule has 0 aliphatic carbocycles. The molecular formula is C31H38O17. The van der Waals surface area contributed by atoms with E-state index in [1.165, 1.54) is 0 Å². The maximum Gasteiger partial charge on any atom is 0.303 e. The molecule has 1 aromatic carbocycles. The Balaban J connectivity index is 1.87. The summed E-state index contributed by atoms with van der Waals surface area (Å²) >= 11 is 0. The first-order valence-corrected chi connectivity index (χ1v) is 15.0. The number of fused-ring (bicyclic) bond motifs is 4. The molecule has 4 aliphatic heterocycles. The topological polar surface area (TPSA) is 204 Å². The molecule has 0 saturated carbocycles. The Bertz CT molecular complexity index is 1350. The lowest BCUT2D eigenvalue weighted by Gasteiger charge is -2.53. The predicted octanol–water partition coefficient (Wildman–Crippen LogP) is 0.522. The SMILES string of the molecule is CC(=O)OC[C@H]1OC[C@H]2OC(Oc3ccccc3)[C@H](OC(C)=O)[C@@H](OC(C)=O)C2O[C@@H]2OCC1(OC(C)=O)[C@H](OC(C)=O)[C@H]2OC(C)=O. The maximum absolute atomic E-state index is 12.6. The van der Waals surface area contributed by atoms with Crippen molar-refractivity contribution in [3.05, 3.63) is 30.3 Å². The number of benzene rings is 1. The molecule has 17 nitrogen and oxygen atoms in total. The molecule has 0 amide bonds. The van der Waals surface area contributed by atoms with Crippen molar-refractivity contribution < 1.29 is 80.9 Å². The molecule has 0 spiro atoms. The summed E-state index contributed by atoms with van der Waals surface area (Å²) in [6.45, 7) is 5.03. The zero-order chi connectivity index (χ0) is 35.2. The summed E-state index contributed by atoms with van der Waals surface area (Å²) < 4.78 is 64.2. The van der Waals surface area contributed by atoms with Gasteiger partial charge in [0.15, 0.2) is 24.6 Å². The van der Waals surface area contributed by atoms with Crippen LogP contribution in [-0.4, -0.2) is 117 Å². The number of para-hydroxylation sites is 1. The second-order valence-corrected chi connectivity index (χ2v) is 11.2.